The molecule has 0 aromatic carbocycles. The highest BCUT2D eigenvalue weighted by Gasteiger charge is 2.48. The summed E-state index contributed by atoms with van der Waals surface area (Å²) in [5.74, 6) is 1.80. The van der Waals surface area contributed by atoms with Crippen LogP contribution in [-0.4, -0.2) is 36.0 Å². The lowest BCUT2D eigenvalue weighted by molar-refractivity contribution is -0.926. The standard InChI is InChI=1S/C10H19ClN.ClH/c1-9-4-7-12(8-5-11)6-2-3-10(9)12;/h9-10H,2-8H2,1H3;1H/q+1;/p-1/t9-,10-,12?;/m0./s1. The first-order valence-corrected chi connectivity index (χ1v) is 5.74. The summed E-state index contributed by atoms with van der Waals surface area (Å²) in [7, 11) is 0. The van der Waals surface area contributed by atoms with Crippen LogP contribution in [-0.2, 0) is 0 Å². The second-order valence-corrected chi connectivity index (χ2v) is 4.93. The zero-order chi connectivity index (χ0) is 8.60. The molecule has 2 saturated heterocycles. The number of nitrogens with zero attached hydrogens (tertiary/aromatic N) is 1. The van der Waals surface area contributed by atoms with Crippen molar-refractivity contribution in [2.45, 2.75) is 32.2 Å². The van der Waals surface area contributed by atoms with Gasteiger partial charge in [0.2, 0.25) is 0 Å². The number of fused-ring (bicyclic) bond motifs is 1. The zero-order valence-corrected chi connectivity index (χ0v) is 9.82. The first-order valence-electron chi connectivity index (χ1n) is 5.20. The average molecular weight is 224 g/mol. The Balaban J connectivity index is 0.000000845. The number of hydrogen-bond donors (Lipinski definition) is 0. The Labute approximate surface area is 92.4 Å². The topological polar surface area (TPSA) is 0 Å². The van der Waals surface area contributed by atoms with Gasteiger partial charge in [-0.25, -0.2) is 0 Å². The van der Waals surface area contributed by atoms with Crippen LogP contribution in [0.1, 0.15) is 26.2 Å². The van der Waals surface area contributed by atoms with Gasteiger partial charge in [0.1, 0.15) is 0 Å². The third-order valence-corrected chi connectivity index (χ3v) is 4.19. The fraction of sp³-hybridized carbons (Fsp3) is 1.00. The number of quaternary nitrogens is 1. The summed E-state index contributed by atoms with van der Waals surface area (Å²) in [5, 5.41) is 0. The van der Waals surface area contributed by atoms with Gasteiger partial charge in [0, 0.05) is 25.2 Å². The van der Waals surface area contributed by atoms with E-state index in [9.17, 15) is 0 Å². The highest BCUT2D eigenvalue weighted by Crippen LogP contribution is 2.39. The molecule has 78 valence electrons. The maximum absolute atomic E-state index is 5.88. The molecular formula is C10H19Cl2N. The van der Waals surface area contributed by atoms with E-state index in [-0.39, 0.29) is 12.4 Å². The van der Waals surface area contributed by atoms with E-state index in [2.05, 4.69) is 6.92 Å². The molecule has 1 nitrogen and oxygen atoms in total. The second kappa shape index (κ2) is 4.37. The van der Waals surface area contributed by atoms with Crippen molar-refractivity contribution in [2.75, 3.05) is 25.5 Å². The second-order valence-electron chi connectivity index (χ2n) is 4.55. The van der Waals surface area contributed by atoms with E-state index in [4.69, 9.17) is 11.6 Å². The van der Waals surface area contributed by atoms with Crippen LogP contribution in [0, 0.1) is 5.92 Å². The summed E-state index contributed by atoms with van der Waals surface area (Å²) < 4.78 is 1.37. The Bertz CT molecular complexity index is 170. The highest BCUT2D eigenvalue weighted by atomic mass is 35.5. The Morgan fingerprint density at radius 1 is 1.31 bits per heavy atom. The minimum Gasteiger partial charge on any atom is -1.00 e. The van der Waals surface area contributed by atoms with Crippen molar-refractivity contribution in [1.29, 1.82) is 0 Å². The normalized spacial score (nSPS) is 42.9. The van der Waals surface area contributed by atoms with Crippen LogP contribution in [0.5, 0.6) is 0 Å². The molecule has 0 amide bonds. The molecule has 2 heterocycles. The van der Waals surface area contributed by atoms with Gasteiger partial charge in [-0.05, 0) is 0 Å². The van der Waals surface area contributed by atoms with E-state index in [1.165, 1.54) is 43.4 Å². The number of alkyl halides is 1. The van der Waals surface area contributed by atoms with E-state index in [0.717, 1.165) is 17.8 Å². The van der Waals surface area contributed by atoms with Gasteiger partial charge in [-0.15, -0.1) is 11.6 Å². The van der Waals surface area contributed by atoms with Gasteiger partial charge >= 0.3 is 0 Å². The predicted molar refractivity (Wildman–Crippen MR) is 52.4 cm³/mol. The van der Waals surface area contributed by atoms with Crippen molar-refractivity contribution in [2.24, 2.45) is 5.92 Å². The molecular weight excluding hydrogens is 205 g/mol. The molecule has 2 aliphatic heterocycles. The molecule has 0 bridgehead atoms. The maximum Gasteiger partial charge on any atom is 0.0926 e. The third kappa shape index (κ3) is 1.84. The van der Waals surface area contributed by atoms with Gasteiger partial charge in [-0.1, -0.05) is 6.92 Å². The number of hydrogen-bond acceptors (Lipinski definition) is 0. The van der Waals surface area contributed by atoms with Crippen LogP contribution in [0.2, 0.25) is 0 Å². The van der Waals surface area contributed by atoms with Gasteiger partial charge in [0.15, 0.2) is 0 Å². The number of rotatable bonds is 2. The van der Waals surface area contributed by atoms with Crippen molar-refractivity contribution in [3.8, 4) is 0 Å². The maximum atomic E-state index is 5.88. The molecule has 0 aromatic heterocycles. The monoisotopic (exact) mass is 223 g/mol. The minimum absolute atomic E-state index is 0. The Morgan fingerprint density at radius 3 is 2.77 bits per heavy atom. The Morgan fingerprint density at radius 2 is 2.08 bits per heavy atom. The number of halogens is 2. The van der Waals surface area contributed by atoms with Crippen molar-refractivity contribution >= 4 is 11.6 Å². The predicted octanol–water partition coefficient (Wildman–Crippen LogP) is -0.752. The smallest absolute Gasteiger partial charge is 0.0926 e. The molecule has 0 aromatic rings. The Hall–Kier alpha value is 0.540. The van der Waals surface area contributed by atoms with E-state index >= 15 is 0 Å². The van der Waals surface area contributed by atoms with E-state index in [1.54, 1.807) is 0 Å². The molecule has 0 aliphatic carbocycles. The van der Waals surface area contributed by atoms with Crippen LogP contribution in [0.15, 0.2) is 0 Å². The first kappa shape index (κ1) is 11.6. The first-order chi connectivity index (χ1) is 5.78. The minimum atomic E-state index is 0. The Kier molecular flexibility index (Phi) is 3.91. The molecule has 0 saturated carbocycles. The zero-order valence-electron chi connectivity index (χ0n) is 8.31. The lowest BCUT2D eigenvalue weighted by Crippen LogP contribution is -3.00. The van der Waals surface area contributed by atoms with Crippen molar-refractivity contribution in [1.82, 2.24) is 0 Å². The van der Waals surface area contributed by atoms with Crippen LogP contribution >= 0.6 is 11.6 Å². The quantitative estimate of drug-likeness (QED) is 0.427. The molecule has 2 fully saturated rings. The van der Waals surface area contributed by atoms with Gasteiger partial charge in [0.25, 0.3) is 0 Å². The lowest BCUT2D eigenvalue weighted by atomic mass is 10.0. The van der Waals surface area contributed by atoms with Crippen LogP contribution in [0.25, 0.3) is 0 Å². The molecule has 3 atom stereocenters. The van der Waals surface area contributed by atoms with Gasteiger partial charge in [-0.2, -0.15) is 0 Å². The lowest BCUT2D eigenvalue weighted by Gasteiger charge is -2.35. The van der Waals surface area contributed by atoms with Crippen molar-refractivity contribution in [3.05, 3.63) is 0 Å². The van der Waals surface area contributed by atoms with E-state index < -0.39 is 0 Å². The van der Waals surface area contributed by atoms with Gasteiger partial charge in [-0.3, -0.25) is 0 Å². The third-order valence-electron chi connectivity index (χ3n) is 4.02. The summed E-state index contributed by atoms with van der Waals surface area (Å²) in [6.45, 7) is 6.45. The summed E-state index contributed by atoms with van der Waals surface area (Å²) in [4.78, 5) is 0. The average Bonchev–Trinajstić information content (AvgIpc) is 2.55. The SMILES string of the molecule is C[C@H]1CC[N+]2(CCCl)CCC[C@@H]12.[Cl-]. The summed E-state index contributed by atoms with van der Waals surface area (Å²) in [6, 6.07) is 0.962. The van der Waals surface area contributed by atoms with Gasteiger partial charge in [0.05, 0.1) is 31.6 Å². The van der Waals surface area contributed by atoms with Crippen LogP contribution < -0.4 is 12.4 Å². The molecule has 2 aliphatic rings. The largest absolute Gasteiger partial charge is 1.00 e. The van der Waals surface area contributed by atoms with Crippen molar-refractivity contribution < 1.29 is 16.9 Å². The molecule has 0 radical (unpaired) electrons. The van der Waals surface area contributed by atoms with Crippen LogP contribution in [0.3, 0.4) is 0 Å². The summed E-state index contributed by atoms with van der Waals surface area (Å²) in [6.07, 6.45) is 4.32. The molecule has 13 heavy (non-hydrogen) atoms. The highest BCUT2D eigenvalue weighted by molar-refractivity contribution is 6.17. The van der Waals surface area contributed by atoms with Gasteiger partial charge < -0.3 is 16.9 Å². The van der Waals surface area contributed by atoms with E-state index in [1.807, 2.05) is 0 Å². The molecule has 0 spiro atoms. The molecule has 1 unspecified atom stereocenters. The molecule has 2 rings (SSSR count). The fourth-order valence-corrected chi connectivity index (χ4v) is 3.70. The molecule has 3 heteroatoms. The molecule has 0 N–H and O–H groups in total. The van der Waals surface area contributed by atoms with Crippen LogP contribution in [0.4, 0.5) is 0 Å². The summed E-state index contributed by atoms with van der Waals surface area (Å²) >= 11 is 5.88. The fourth-order valence-electron chi connectivity index (χ4n) is 3.37. The van der Waals surface area contributed by atoms with Crippen molar-refractivity contribution in [3.63, 3.8) is 0 Å². The van der Waals surface area contributed by atoms with E-state index in [0.29, 0.717) is 0 Å². The summed E-state index contributed by atoms with van der Waals surface area (Å²) in [5.41, 5.74) is 0.